The van der Waals surface area contributed by atoms with Gasteiger partial charge in [-0.3, -0.25) is 13.9 Å². The first-order chi connectivity index (χ1) is 18.6. The van der Waals surface area contributed by atoms with Crippen LogP contribution in [0.5, 0.6) is 5.75 Å². The number of ether oxygens (including phenoxy) is 1. The predicted octanol–water partition coefficient (Wildman–Crippen LogP) is 4.80. The first-order valence-corrected chi connectivity index (χ1v) is 14.4. The number of sulfonamides is 1. The fourth-order valence-corrected chi connectivity index (χ4v) is 5.54. The van der Waals surface area contributed by atoms with Crippen molar-refractivity contribution in [1.29, 1.82) is 0 Å². The molecule has 1 atom stereocenters. The average molecular weight is 572 g/mol. The maximum absolute atomic E-state index is 13.9. The number of hydrogen-bond donors (Lipinski definition) is 1. The van der Waals surface area contributed by atoms with Gasteiger partial charge in [0.15, 0.2) is 0 Å². The number of carbonyl (C=O) groups excluding carboxylic acids is 2. The summed E-state index contributed by atoms with van der Waals surface area (Å²) in [5.41, 5.74) is 2.10. The first kappa shape index (κ1) is 30.0. The van der Waals surface area contributed by atoms with Crippen molar-refractivity contribution < 1.29 is 22.7 Å². The average Bonchev–Trinajstić information content (AvgIpc) is 2.93. The van der Waals surface area contributed by atoms with Crippen molar-refractivity contribution in [2.75, 3.05) is 24.5 Å². The molecule has 0 aromatic heterocycles. The summed E-state index contributed by atoms with van der Waals surface area (Å²) in [6, 6.07) is 18.9. The maximum atomic E-state index is 13.9. The molecule has 0 bridgehead atoms. The van der Waals surface area contributed by atoms with Crippen LogP contribution in [0, 0.1) is 6.92 Å². The van der Waals surface area contributed by atoms with E-state index in [0.717, 1.165) is 21.9 Å². The highest BCUT2D eigenvalue weighted by molar-refractivity contribution is 7.92. The zero-order valence-electron chi connectivity index (χ0n) is 22.6. The number of anilines is 1. The molecule has 0 heterocycles. The Bertz CT molecular complexity index is 1380. The van der Waals surface area contributed by atoms with Crippen molar-refractivity contribution >= 4 is 39.1 Å². The van der Waals surface area contributed by atoms with Crippen LogP contribution in [-0.4, -0.2) is 51.4 Å². The Hall–Kier alpha value is -3.56. The van der Waals surface area contributed by atoms with Crippen LogP contribution in [-0.2, 0) is 26.2 Å². The number of carbonyl (C=O) groups is 2. The van der Waals surface area contributed by atoms with Crippen LogP contribution in [0.1, 0.15) is 31.4 Å². The summed E-state index contributed by atoms with van der Waals surface area (Å²) in [5.74, 6) is -0.337. The van der Waals surface area contributed by atoms with E-state index in [-0.39, 0.29) is 23.0 Å². The number of methoxy groups -OCH3 is 1. The van der Waals surface area contributed by atoms with Crippen LogP contribution in [0.25, 0.3) is 0 Å². The standard InChI is InChI=1S/C29H34ClN3O5S/c1-5-17-31-29(35)22(3)32(19-23-8-6-7-21(2)18-23)28(34)20-33(25-11-9-24(30)10-12-25)39(36,37)27-15-13-26(38-4)14-16-27/h6-16,18,22H,5,17,19-20H2,1-4H3,(H,31,35). The molecule has 1 N–H and O–H groups in total. The lowest BCUT2D eigenvalue weighted by atomic mass is 10.1. The van der Waals surface area contributed by atoms with E-state index in [9.17, 15) is 18.0 Å². The third kappa shape index (κ3) is 7.74. The largest absolute Gasteiger partial charge is 0.497 e. The van der Waals surface area contributed by atoms with Crippen molar-refractivity contribution in [1.82, 2.24) is 10.2 Å². The third-order valence-corrected chi connectivity index (χ3v) is 8.23. The van der Waals surface area contributed by atoms with Gasteiger partial charge < -0.3 is 15.0 Å². The number of rotatable bonds is 12. The monoisotopic (exact) mass is 571 g/mol. The molecule has 0 aliphatic rings. The second-order valence-electron chi connectivity index (χ2n) is 9.14. The zero-order valence-corrected chi connectivity index (χ0v) is 24.1. The molecule has 208 valence electrons. The number of halogens is 1. The van der Waals surface area contributed by atoms with Crippen LogP contribution in [0.4, 0.5) is 5.69 Å². The van der Waals surface area contributed by atoms with Gasteiger partial charge in [-0.15, -0.1) is 0 Å². The summed E-state index contributed by atoms with van der Waals surface area (Å²) in [5, 5.41) is 3.26. The van der Waals surface area contributed by atoms with Gasteiger partial charge in [0.1, 0.15) is 18.3 Å². The lowest BCUT2D eigenvalue weighted by molar-refractivity contribution is -0.139. The third-order valence-electron chi connectivity index (χ3n) is 6.19. The lowest BCUT2D eigenvalue weighted by Crippen LogP contribution is -2.51. The molecule has 0 aliphatic carbocycles. The van der Waals surface area contributed by atoms with Gasteiger partial charge in [-0.2, -0.15) is 0 Å². The SMILES string of the molecule is CCCNC(=O)C(C)N(Cc1cccc(C)c1)C(=O)CN(c1ccc(Cl)cc1)S(=O)(=O)c1ccc(OC)cc1. The smallest absolute Gasteiger partial charge is 0.264 e. The van der Waals surface area contributed by atoms with Gasteiger partial charge in [-0.25, -0.2) is 8.42 Å². The zero-order chi connectivity index (χ0) is 28.6. The normalized spacial score (nSPS) is 11.9. The highest BCUT2D eigenvalue weighted by Gasteiger charge is 2.32. The second kappa shape index (κ2) is 13.5. The van der Waals surface area contributed by atoms with E-state index in [1.54, 1.807) is 43.3 Å². The molecule has 39 heavy (non-hydrogen) atoms. The van der Waals surface area contributed by atoms with E-state index >= 15 is 0 Å². The number of benzene rings is 3. The summed E-state index contributed by atoms with van der Waals surface area (Å²) in [6.45, 7) is 5.61. The minimum atomic E-state index is -4.17. The number of amides is 2. The van der Waals surface area contributed by atoms with Crippen LogP contribution in [0.3, 0.4) is 0 Å². The Balaban J connectivity index is 2.01. The van der Waals surface area contributed by atoms with Gasteiger partial charge in [0.2, 0.25) is 11.8 Å². The van der Waals surface area contributed by atoms with Crippen molar-refractivity contribution in [3.63, 3.8) is 0 Å². The quantitative estimate of drug-likeness (QED) is 0.337. The molecule has 0 aliphatic heterocycles. The number of nitrogens with one attached hydrogen (secondary N) is 1. The summed E-state index contributed by atoms with van der Waals surface area (Å²) in [7, 11) is -2.68. The fraction of sp³-hybridized carbons (Fsp3) is 0.310. The van der Waals surface area contributed by atoms with Gasteiger partial charge in [0.25, 0.3) is 10.0 Å². The summed E-state index contributed by atoms with van der Waals surface area (Å²) in [6.07, 6.45) is 0.745. The fourth-order valence-electron chi connectivity index (χ4n) is 4.00. The van der Waals surface area contributed by atoms with E-state index in [1.165, 1.54) is 24.1 Å². The molecule has 0 fully saturated rings. The van der Waals surface area contributed by atoms with Crippen LogP contribution in [0.2, 0.25) is 5.02 Å². The van der Waals surface area contributed by atoms with E-state index in [1.807, 2.05) is 38.1 Å². The topological polar surface area (TPSA) is 96.0 Å². The lowest BCUT2D eigenvalue weighted by Gasteiger charge is -2.32. The molecule has 0 saturated carbocycles. The van der Waals surface area contributed by atoms with E-state index in [4.69, 9.17) is 16.3 Å². The minimum absolute atomic E-state index is 0.00924. The minimum Gasteiger partial charge on any atom is -0.497 e. The Labute approximate surface area is 235 Å². The van der Waals surface area contributed by atoms with Crippen LogP contribution in [0.15, 0.2) is 77.7 Å². The van der Waals surface area contributed by atoms with Crippen molar-refractivity contribution in [2.24, 2.45) is 0 Å². The second-order valence-corrected chi connectivity index (χ2v) is 11.4. The van der Waals surface area contributed by atoms with Crippen molar-refractivity contribution in [3.8, 4) is 5.75 Å². The molecule has 3 aromatic rings. The highest BCUT2D eigenvalue weighted by atomic mass is 35.5. The maximum Gasteiger partial charge on any atom is 0.264 e. The molecule has 1 unspecified atom stereocenters. The Kier molecular flexibility index (Phi) is 10.4. The van der Waals surface area contributed by atoms with Gasteiger partial charge in [-0.05, 0) is 74.4 Å². The van der Waals surface area contributed by atoms with E-state index < -0.39 is 28.5 Å². The van der Waals surface area contributed by atoms with Gasteiger partial charge in [-0.1, -0.05) is 48.4 Å². The van der Waals surface area contributed by atoms with Gasteiger partial charge in [0, 0.05) is 18.1 Å². The molecule has 8 nitrogen and oxygen atoms in total. The Morgan fingerprint density at radius 2 is 1.69 bits per heavy atom. The molecule has 10 heteroatoms. The summed E-state index contributed by atoms with van der Waals surface area (Å²) >= 11 is 6.06. The van der Waals surface area contributed by atoms with E-state index in [0.29, 0.717) is 17.3 Å². The molecule has 0 saturated heterocycles. The van der Waals surface area contributed by atoms with Crippen molar-refractivity contribution in [2.45, 2.75) is 44.7 Å². The van der Waals surface area contributed by atoms with Crippen LogP contribution >= 0.6 is 11.6 Å². The van der Waals surface area contributed by atoms with Gasteiger partial charge >= 0.3 is 0 Å². The molecular formula is C29H34ClN3O5S. The molecule has 2 amide bonds. The number of hydrogen-bond acceptors (Lipinski definition) is 5. The molecule has 0 spiro atoms. The first-order valence-electron chi connectivity index (χ1n) is 12.6. The molecular weight excluding hydrogens is 538 g/mol. The van der Waals surface area contributed by atoms with E-state index in [2.05, 4.69) is 5.32 Å². The number of aryl methyl sites for hydroxylation is 1. The highest BCUT2D eigenvalue weighted by Crippen LogP contribution is 2.27. The molecule has 3 rings (SSSR count). The number of nitrogens with zero attached hydrogens (tertiary/aromatic N) is 2. The molecule has 0 radical (unpaired) electrons. The Morgan fingerprint density at radius 1 is 1.03 bits per heavy atom. The molecule has 3 aromatic carbocycles. The summed E-state index contributed by atoms with van der Waals surface area (Å²) in [4.78, 5) is 28.2. The predicted molar refractivity (Wildman–Crippen MR) is 153 cm³/mol. The van der Waals surface area contributed by atoms with Gasteiger partial charge in [0.05, 0.1) is 17.7 Å². The van der Waals surface area contributed by atoms with Crippen LogP contribution < -0.4 is 14.4 Å². The van der Waals surface area contributed by atoms with Crippen molar-refractivity contribution in [3.05, 3.63) is 88.9 Å². The Morgan fingerprint density at radius 3 is 2.28 bits per heavy atom. The summed E-state index contributed by atoms with van der Waals surface area (Å²) < 4.78 is 33.8.